The van der Waals surface area contributed by atoms with Crippen molar-refractivity contribution in [2.75, 3.05) is 45.9 Å². The van der Waals surface area contributed by atoms with Crippen molar-refractivity contribution in [2.24, 2.45) is 0 Å². The van der Waals surface area contributed by atoms with Crippen molar-refractivity contribution >= 4 is 5.91 Å². The third-order valence-corrected chi connectivity index (χ3v) is 4.67. The van der Waals surface area contributed by atoms with E-state index < -0.39 is 5.60 Å². The van der Waals surface area contributed by atoms with Crippen LogP contribution >= 0.6 is 0 Å². The molecular weight excluding hydrogens is 296 g/mol. The predicted molar refractivity (Wildman–Crippen MR) is 84.9 cm³/mol. The highest BCUT2D eigenvalue weighted by Crippen LogP contribution is 2.23. The Bertz CT molecular complexity index is 501. The number of morpholine rings is 1. The molecule has 1 aromatic rings. The van der Waals surface area contributed by atoms with Crippen LogP contribution in [0.1, 0.15) is 19.3 Å². The summed E-state index contributed by atoms with van der Waals surface area (Å²) in [7, 11) is 0. The molecule has 0 aliphatic carbocycles. The summed E-state index contributed by atoms with van der Waals surface area (Å²) in [4.78, 5) is 20.3. The fourth-order valence-electron chi connectivity index (χ4n) is 3.36. The number of hydrogen-bond donors (Lipinski definition) is 1. The number of carbonyl (C=O) groups excluding carboxylic acids is 1. The topological polar surface area (TPSA) is 70.8 Å². The van der Waals surface area contributed by atoms with Crippen LogP contribution in [0.15, 0.2) is 18.7 Å². The first-order valence-electron chi connectivity index (χ1n) is 8.41. The molecule has 7 heteroatoms. The molecule has 1 N–H and O–H groups in total. The van der Waals surface area contributed by atoms with Crippen molar-refractivity contribution < 1.29 is 14.6 Å². The number of aliphatic hydroxyl groups is 1. The highest BCUT2D eigenvalue weighted by atomic mass is 16.5. The number of nitrogens with zero attached hydrogens (tertiary/aromatic N) is 4. The first-order valence-corrected chi connectivity index (χ1v) is 8.41. The van der Waals surface area contributed by atoms with Crippen molar-refractivity contribution in [3.8, 4) is 0 Å². The molecular formula is C16H26N4O3. The molecule has 1 aromatic heterocycles. The standard InChI is InChI=1S/C16H26N4O3/c21-15(2-1-5-19-7-4-17-14-19)20-6-3-16(22,13-20)12-18-8-10-23-11-9-18/h4,7,14,22H,1-3,5-6,8-13H2/t16-/m0/s1. The average Bonchev–Trinajstić information content (AvgIpc) is 3.18. The fourth-order valence-corrected chi connectivity index (χ4v) is 3.36. The maximum absolute atomic E-state index is 12.3. The van der Waals surface area contributed by atoms with Crippen molar-refractivity contribution in [2.45, 2.75) is 31.4 Å². The van der Waals surface area contributed by atoms with Gasteiger partial charge in [0.25, 0.3) is 0 Å². The van der Waals surface area contributed by atoms with Gasteiger partial charge in [-0.1, -0.05) is 0 Å². The summed E-state index contributed by atoms with van der Waals surface area (Å²) < 4.78 is 7.32. The van der Waals surface area contributed by atoms with Crippen LogP contribution in [0.5, 0.6) is 0 Å². The second-order valence-corrected chi connectivity index (χ2v) is 6.58. The van der Waals surface area contributed by atoms with Gasteiger partial charge in [-0.05, 0) is 12.8 Å². The molecule has 2 saturated heterocycles. The monoisotopic (exact) mass is 322 g/mol. The lowest BCUT2D eigenvalue weighted by atomic mass is 10.0. The summed E-state index contributed by atoms with van der Waals surface area (Å²) in [5.41, 5.74) is -0.767. The molecule has 2 aliphatic rings. The number of imidazole rings is 1. The number of amides is 1. The molecule has 0 unspecified atom stereocenters. The van der Waals surface area contributed by atoms with Gasteiger partial charge in [0.2, 0.25) is 5.91 Å². The number of aryl methyl sites for hydroxylation is 1. The Labute approximate surface area is 136 Å². The van der Waals surface area contributed by atoms with Crippen LogP contribution in [-0.4, -0.2) is 81.9 Å². The van der Waals surface area contributed by atoms with E-state index in [0.717, 1.165) is 39.3 Å². The van der Waals surface area contributed by atoms with E-state index in [9.17, 15) is 9.90 Å². The van der Waals surface area contributed by atoms with E-state index in [-0.39, 0.29) is 5.91 Å². The van der Waals surface area contributed by atoms with E-state index in [1.165, 1.54) is 0 Å². The van der Waals surface area contributed by atoms with Crippen molar-refractivity contribution in [1.82, 2.24) is 19.4 Å². The zero-order valence-electron chi connectivity index (χ0n) is 13.6. The van der Waals surface area contributed by atoms with Crippen LogP contribution in [0.4, 0.5) is 0 Å². The summed E-state index contributed by atoms with van der Waals surface area (Å²) in [5, 5.41) is 10.7. The van der Waals surface area contributed by atoms with Crippen molar-refractivity contribution in [3.05, 3.63) is 18.7 Å². The highest BCUT2D eigenvalue weighted by Gasteiger charge is 2.39. The summed E-state index contributed by atoms with van der Waals surface area (Å²) in [6.07, 6.45) is 7.40. The number of likely N-dealkylation sites (tertiary alicyclic amines) is 1. The normalized spacial score (nSPS) is 25.9. The van der Waals surface area contributed by atoms with Crippen LogP contribution in [0, 0.1) is 0 Å². The molecule has 0 radical (unpaired) electrons. The molecule has 1 atom stereocenters. The SMILES string of the molecule is O=C(CCCn1ccnc1)N1CC[C@](O)(CN2CCOCC2)C1. The molecule has 0 aromatic carbocycles. The van der Waals surface area contributed by atoms with Crippen molar-refractivity contribution in [1.29, 1.82) is 0 Å². The smallest absolute Gasteiger partial charge is 0.222 e. The molecule has 0 spiro atoms. The Morgan fingerprint density at radius 2 is 2.13 bits per heavy atom. The lowest BCUT2D eigenvalue weighted by molar-refractivity contribution is -0.131. The van der Waals surface area contributed by atoms with E-state index in [1.807, 2.05) is 15.7 Å². The molecule has 3 heterocycles. The minimum atomic E-state index is -0.767. The van der Waals surface area contributed by atoms with Gasteiger partial charge in [-0.2, -0.15) is 0 Å². The van der Waals surface area contributed by atoms with Crippen LogP contribution in [0.25, 0.3) is 0 Å². The van der Waals surface area contributed by atoms with Gasteiger partial charge in [0.1, 0.15) is 0 Å². The third kappa shape index (κ3) is 4.53. The number of ether oxygens (including phenoxy) is 1. The Kier molecular flexibility index (Phi) is 5.30. The van der Waals surface area contributed by atoms with Gasteiger partial charge in [0.05, 0.1) is 31.7 Å². The van der Waals surface area contributed by atoms with Gasteiger partial charge in [0, 0.05) is 51.5 Å². The van der Waals surface area contributed by atoms with E-state index >= 15 is 0 Å². The Morgan fingerprint density at radius 3 is 2.87 bits per heavy atom. The first kappa shape index (κ1) is 16.4. The maximum atomic E-state index is 12.3. The minimum Gasteiger partial charge on any atom is -0.387 e. The summed E-state index contributed by atoms with van der Waals surface area (Å²) >= 11 is 0. The zero-order chi connectivity index (χ0) is 16.1. The number of aromatic nitrogens is 2. The molecule has 7 nitrogen and oxygen atoms in total. The molecule has 2 aliphatic heterocycles. The summed E-state index contributed by atoms with van der Waals surface area (Å²) in [5.74, 6) is 0.142. The minimum absolute atomic E-state index is 0.142. The lowest BCUT2D eigenvalue weighted by Crippen LogP contribution is -2.49. The van der Waals surface area contributed by atoms with E-state index in [4.69, 9.17) is 4.74 Å². The molecule has 128 valence electrons. The maximum Gasteiger partial charge on any atom is 0.222 e. The van der Waals surface area contributed by atoms with Gasteiger partial charge >= 0.3 is 0 Å². The van der Waals surface area contributed by atoms with Crippen LogP contribution in [0.3, 0.4) is 0 Å². The molecule has 1 amide bonds. The third-order valence-electron chi connectivity index (χ3n) is 4.67. The van der Waals surface area contributed by atoms with Gasteiger partial charge < -0.3 is 19.3 Å². The summed E-state index contributed by atoms with van der Waals surface area (Å²) in [6.45, 7) is 5.73. The lowest BCUT2D eigenvalue weighted by Gasteiger charge is -2.33. The average molecular weight is 322 g/mol. The van der Waals surface area contributed by atoms with Crippen LogP contribution in [-0.2, 0) is 16.1 Å². The van der Waals surface area contributed by atoms with Crippen LogP contribution < -0.4 is 0 Å². The van der Waals surface area contributed by atoms with E-state index in [1.54, 1.807) is 12.5 Å². The Balaban J connectivity index is 1.41. The Morgan fingerprint density at radius 1 is 1.30 bits per heavy atom. The first-order chi connectivity index (χ1) is 11.1. The molecule has 0 bridgehead atoms. The van der Waals surface area contributed by atoms with Gasteiger partial charge in [-0.15, -0.1) is 0 Å². The fraction of sp³-hybridized carbons (Fsp3) is 0.750. The molecule has 3 rings (SSSR count). The molecule has 23 heavy (non-hydrogen) atoms. The van der Waals surface area contributed by atoms with Gasteiger partial charge in [-0.25, -0.2) is 4.98 Å². The quantitative estimate of drug-likeness (QED) is 0.796. The largest absolute Gasteiger partial charge is 0.387 e. The predicted octanol–water partition coefficient (Wildman–Crippen LogP) is -0.0411. The zero-order valence-corrected chi connectivity index (χ0v) is 13.6. The van der Waals surface area contributed by atoms with Gasteiger partial charge in [-0.3, -0.25) is 9.69 Å². The second-order valence-electron chi connectivity index (χ2n) is 6.58. The number of carbonyl (C=O) groups is 1. The second kappa shape index (κ2) is 7.42. The van der Waals surface area contributed by atoms with Gasteiger partial charge in [0.15, 0.2) is 0 Å². The number of β-amino-alcohol motifs (C(OH)–C–C–N with tert-alkyl or cyclic N) is 1. The highest BCUT2D eigenvalue weighted by molar-refractivity contribution is 5.76. The van der Waals surface area contributed by atoms with E-state index in [2.05, 4.69) is 9.88 Å². The van der Waals surface area contributed by atoms with Crippen molar-refractivity contribution in [3.63, 3.8) is 0 Å². The Hall–Kier alpha value is -1.44. The number of rotatable bonds is 6. The molecule has 0 saturated carbocycles. The molecule has 2 fully saturated rings. The number of hydrogen-bond acceptors (Lipinski definition) is 5. The summed E-state index contributed by atoms with van der Waals surface area (Å²) in [6, 6.07) is 0. The van der Waals surface area contributed by atoms with E-state index in [0.29, 0.717) is 32.5 Å². The van der Waals surface area contributed by atoms with Crippen LogP contribution in [0.2, 0.25) is 0 Å².